The zero-order valence-corrected chi connectivity index (χ0v) is 12.9. The molecule has 0 spiro atoms. The van der Waals surface area contributed by atoms with Crippen LogP contribution >= 0.6 is 0 Å². The van der Waals surface area contributed by atoms with Gasteiger partial charge in [0.25, 0.3) is 0 Å². The van der Waals surface area contributed by atoms with Crippen molar-refractivity contribution in [2.75, 3.05) is 11.5 Å². The summed E-state index contributed by atoms with van der Waals surface area (Å²) < 4.78 is 11.9. The number of hydrogen-bond donors (Lipinski definition) is 0. The Bertz CT molecular complexity index is 247. The van der Waals surface area contributed by atoms with Crippen LogP contribution in [0.15, 0.2) is 12.2 Å². The van der Waals surface area contributed by atoms with Gasteiger partial charge in [-0.3, -0.25) is 4.21 Å². The van der Waals surface area contributed by atoms with E-state index in [4.69, 9.17) is 0 Å². The van der Waals surface area contributed by atoms with Crippen LogP contribution in [0, 0.1) is 5.92 Å². The molecule has 18 heavy (non-hydrogen) atoms. The van der Waals surface area contributed by atoms with E-state index < -0.39 is 10.8 Å². The molecule has 0 N–H and O–H groups in total. The van der Waals surface area contributed by atoms with E-state index in [0.717, 1.165) is 17.4 Å². The fraction of sp³-hybridized carbons (Fsp3) is 0.875. The van der Waals surface area contributed by atoms with Crippen molar-refractivity contribution < 1.29 is 4.21 Å². The lowest BCUT2D eigenvalue weighted by atomic mass is 9.92. The summed E-state index contributed by atoms with van der Waals surface area (Å²) in [5.74, 6) is 2.69. The normalized spacial score (nSPS) is 21.1. The maximum absolute atomic E-state index is 11.9. The van der Waals surface area contributed by atoms with Crippen LogP contribution in [0.5, 0.6) is 0 Å². The molecule has 1 aliphatic rings. The molecule has 1 nitrogen and oxygen atoms in total. The van der Waals surface area contributed by atoms with Crippen molar-refractivity contribution in [2.24, 2.45) is 5.92 Å². The zero-order valence-electron chi connectivity index (χ0n) is 12.0. The Morgan fingerprint density at radius 2 is 1.83 bits per heavy atom. The molecule has 0 aromatic heterocycles. The van der Waals surface area contributed by atoms with Crippen molar-refractivity contribution in [3.05, 3.63) is 12.2 Å². The first-order valence-corrected chi connectivity index (χ1v) is 9.31. The average molecular weight is 270 g/mol. The van der Waals surface area contributed by atoms with Gasteiger partial charge in [-0.2, -0.15) is 0 Å². The van der Waals surface area contributed by atoms with Crippen LogP contribution in [0.3, 0.4) is 0 Å². The summed E-state index contributed by atoms with van der Waals surface area (Å²) in [7, 11) is -0.553. The van der Waals surface area contributed by atoms with Crippen LogP contribution in [0.4, 0.5) is 0 Å². The molecule has 0 saturated carbocycles. The first-order chi connectivity index (χ1) is 8.83. The lowest BCUT2D eigenvalue weighted by molar-refractivity contribution is 0.466. The smallest absolute Gasteiger partial charge is 0.0237 e. The fourth-order valence-electron chi connectivity index (χ4n) is 2.56. The van der Waals surface area contributed by atoms with Crippen molar-refractivity contribution in [1.29, 1.82) is 0 Å². The van der Waals surface area contributed by atoms with Gasteiger partial charge in [0.2, 0.25) is 0 Å². The Morgan fingerprint density at radius 3 is 2.56 bits per heavy atom. The van der Waals surface area contributed by atoms with Gasteiger partial charge in [0.05, 0.1) is 0 Å². The largest absolute Gasteiger partial charge is 0.260 e. The Labute approximate surface area is 116 Å². The van der Waals surface area contributed by atoms with Gasteiger partial charge in [-0.1, -0.05) is 51.2 Å². The maximum Gasteiger partial charge on any atom is 0.0237 e. The third kappa shape index (κ3) is 8.07. The van der Waals surface area contributed by atoms with Crippen molar-refractivity contribution >= 4 is 10.8 Å². The molecule has 0 radical (unpaired) electrons. The zero-order chi connectivity index (χ0) is 13.1. The summed E-state index contributed by atoms with van der Waals surface area (Å²) in [5, 5.41) is 0. The van der Waals surface area contributed by atoms with Gasteiger partial charge < -0.3 is 0 Å². The molecule has 106 valence electrons. The Morgan fingerprint density at radius 1 is 1.06 bits per heavy atom. The SMILES string of the molecule is CCCCCCCCS(=O)CCC1CC=CCC1. The van der Waals surface area contributed by atoms with E-state index >= 15 is 0 Å². The average Bonchev–Trinajstić information content (AvgIpc) is 2.41. The number of rotatable bonds is 10. The molecule has 2 heteroatoms. The van der Waals surface area contributed by atoms with Gasteiger partial charge in [-0.15, -0.1) is 0 Å². The van der Waals surface area contributed by atoms with Crippen LogP contribution in [-0.4, -0.2) is 15.7 Å². The van der Waals surface area contributed by atoms with Crippen LogP contribution in [0.2, 0.25) is 0 Å². The summed E-state index contributed by atoms with van der Waals surface area (Å²) in [6.45, 7) is 2.25. The molecule has 2 unspecified atom stereocenters. The van der Waals surface area contributed by atoms with Crippen molar-refractivity contribution in [1.82, 2.24) is 0 Å². The van der Waals surface area contributed by atoms with E-state index in [2.05, 4.69) is 19.1 Å². The topological polar surface area (TPSA) is 17.1 Å². The van der Waals surface area contributed by atoms with Crippen LogP contribution in [0.25, 0.3) is 0 Å². The highest BCUT2D eigenvalue weighted by atomic mass is 32.2. The second-order valence-electron chi connectivity index (χ2n) is 5.55. The van der Waals surface area contributed by atoms with Gasteiger partial charge in [-0.25, -0.2) is 0 Å². The second-order valence-corrected chi connectivity index (χ2v) is 7.25. The minimum atomic E-state index is -0.553. The lowest BCUT2D eigenvalue weighted by Gasteiger charge is -2.16. The van der Waals surface area contributed by atoms with Gasteiger partial charge in [0, 0.05) is 22.3 Å². The van der Waals surface area contributed by atoms with E-state index in [1.807, 2.05) is 0 Å². The predicted molar refractivity (Wildman–Crippen MR) is 82.4 cm³/mol. The van der Waals surface area contributed by atoms with Gasteiger partial charge in [-0.05, 0) is 38.0 Å². The molecular formula is C16H30OS. The Kier molecular flexibility index (Phi) is 9.55. The standard InChI is InChI=1S/C16H30OS/c1-2-3-4-5-6-10-14-18(17)15-13-16-11-8-7-9-12-16/h7-8,16H,2-6,9-15H2,1H3. The maximum atomic E-state index is 11.9. The first-order valence-electron chi connectivity index (χ1n) is 7.83. The Hall–Kier alpha value is -0.110. The van der Waals surface area contributed by atoms with E-state index in [0.29, 0.717) is 0 Å². The van der Waals surface area contributed by atoms with Crippen LogP contribution in [-0.2, 0) is 10.8 Å². The predicted octanol–water partition coefficient (Wildman–Crippen LogP) is 4.84. The van der Waals surface area contributed by atoms with E-state index in [-0.39, 0.29) is 0 Å². The quantitative estimate of drug-likeness (QED) is 0.410. The van der Waals surface area contributed by atoms with Gasteiger partial charge in [0.1, 0.15) is 0 Å². The van der Waals surface area contributed by atoms with Gasteiger partial charge in [0.15, 0.2) is 0 Å². The van der Waals surface area contributed by atoms with Crippen molar-refractivity contribution in [2.45, 2.75) is 71.1 Å². The van der Waals surface area contributed by atoms with E-state index in [1.54, 1.807) is 0 Å². The first kappa shape index (κ1) is 15.9. The molecule has 0 saturated heterocycles. The molecule has 0 heterocycles. The van der Waals surface area contributed by atoms with E-state index in [9.17, 15) is 4.21 Å². The summed E-state index contributed by atoms with van der Waals surface area (Å²) >= 11 is 0. The summed E-state index contributed by atoms with van der Waals surface area (Å²) in [4.78, 5) is 0. The molecule has 2 atom stereocenters. The van der Waals surface area contributed by atoms with E-state index in [1.165, 1.54) is 64.2 Å². The molecule has 0 aliphatic heterocycles. The highest BCUT2D eigenvalue weighted by molar-refractivity contribution is 7.84. The monoisotopic (exact) mass is 270 g/mol. The summed E-state index contributed by atoms with van der Waals surface area (Å²) in [6.07, 6.45) is 17.3. The fourth-order valence-corrected chi connectivity index (χ4v) is 3.89. The number of hydrogen-bond acceptors (Lipinski definition) is 1. The van der Waals surface area contributed by atoms with Crippen molar-refractivity contribution in [3.63, 3.8) is 0 Å². The molecule has 0 amide bonds. The molecule has 0 bridgehead atoms. The molecule has 0 aromatic rings. The Balaban J connectivity index is 1.92. The number of allylic oxidation sites excluding steroid dienone is 2. The number of unbranched alkanes of at least 4 members (excludes halogenated alkanes) is 5. The van der Waals surface area contributed by atoms with Crippen LogP contribution in [0.1, 0.15) is 71.1 Å². The molecule has 0 fully saturated rings. The third-order valence-corrected chi connectivity index (χ3v) is 5.29. The van der Waals surface area contributed by atoms with Crippen LogP contribution < -0.4 is 0 Å². The molecular weight excluding hydrogens is 240 g/mol. The third-order valence-electron chi connectivity index (χ3n) is 3.86. The minimum Gasteiger partial charge on any atom is -0.260 e. The molecule has 0 aromatic carbocycles. The summed E-state index contributed by atoms with van der Waals surface area (Å²) in [6, 6.07) is 0. The minimum absolute atomic E-state index is 0.553. The highest BCUT2D eigenvalue weighted by Gasteiger charge is 2.11. The molecule has 1 aliphatic carbocycles. The highest BCUT2D eigenvalue weighted by Crippen LogP contribution is 2.21. The second kappa shape index (κ2) is 10.8. The lowest BCUT2D eigenvalue weighted by Crippen LogP contribution is -2.10. The summed E-state index contributed by atoms with van der Waals surface area (Å²) in [5.41, 5.74) is 0. The molecule has 1 rings (SSSR count). The van der Waals surface area contributed by atoms with Gasteiger partial charge >= 0.3 is 0 Å². The van der Waals surface area contributed by atoms with Crippen molar-refractivity contribution in [3.8, 4) is 0 Å².